The number of ether oxygens (including phenoxy) is 1. The summed E-state index contributed by atoms with van der Waals surface area (Å²) in [6, 6.07) is 12.7. The van der Waals surface area contributed by atoms with E-state index in [9.17, 15) is 19.5 Å². The van der Waals surface area contributed by atoms with Gasteiger partial charge in [0.05, 0.1) is 0 Å². The number of amides is 3. The van der Waals surface area contributed by atoms with E-state index >= 15 is 0 Å². The predicted molar refractivity (Wildman–Crippen MR) is 158 cm³/mol. The van der Waals surface area contributed by atoms with Crippen molar-refractivity contribution in [3.05, 3.63) is 65.2 Å². The number of para-hydroxylation sites is 1. The first-order valence-electron chi connectivity index (χ1n) is 14.2. The Bertz CT molecular complexity index is 1110. The summed E-state index contributed by atoms with van der Waals surface area (Å²) in [6.45, 7) is 13.6. The number of nitrogens with one attached hydrogen (secondary N) is 2. The number of nitrogens with zero attached hydrogens (tertiary/aromatic N) is 1. The lowest BCUT2D eigenvalue weighted by Gasteiger charge is -2.35. The summed E-state index contributed by atoms with van der Waals surface area (Å²) in [5.74, 6) is -0.748. The topological polar surface area (TPSA) is 108 Å². The molecule has 2 aromatic rings. The zero-order valence-corrected chi connectivity index (χ0v) is 25.1. The molecule has 0 heterocycles. The Hall–Kier alpha value is -3.55. The van der Waals surface area contributed by atoms with Crippen LogP contribution in [-0.4, -0.2) is 46.1 Å². The first-order valence-corrected chi connectivity index (χ1v) is 14.2. The maximum atomic E-state index is 14.3. The van der Waals surface area contributed by atoms with E-state index in [1.807, 2.05) is 44.2 Å². The fourth-order valence-electron chi connectivity index (χ4n) is 4.48. The molecule has 0 aromatic heterocycles. The quantitative estimate of drug-likeness (QED) is 0.263. The smallest absolute Gasteiger partial charge is 0.408 e. The van der Waals surface area contributed by atoms with E-state index in [0.717, 1.165) is 18.4 Å². The second-order valence-corrected chi connectivity index (χ2v) is 11.7. The molecule has 0 saturated carbocycles. The Labute approximate surface area is 239 Å². The number of phenolic OH excluding ortho intramolecular Hbond substituents is 1. The van der Waals surface area contributed by atoms with Crippen molar-refractivity contribution in [2.24, 2.45) is 5.92 Å². The minimum atomic E-state index is -1.09. The van der Waals surface area contributed by atoms with Crippen molar-refractivity contribution in [3.63, 3.8) is 0 Å². The van der Waals surface area contributed by atoms with Gasteiger partial charge in [0, 0.05) is 18.7 Å². The maximum Gasteiger partial charge on any atom is 0.408 e. The average Bonchev–Trinajstić information content (AvgIpc) is 2.87. The van der Waals surface area contributed by atoms with E-state index in [1.54, 1.807) is 45.9 Å². The molecule has 3 amide bonds. The molecule has 8 heteroatoms. The van der Waals surface area contributed by atoms with Gasteiger partial charge in [-0.15, -0.1) is 0 Å². The third-order valence-electron chi connectivity index (χ3n) is 6.41. The van der Waals surface area contributed by atoms with Crippen molar-refractivity contribution < 1.29 is 24.2 Å². The molecule has 2 unspecified atom stereocenters. The minimum absolute atomic E-state index is 0.0313. The fraction of sp³-hybridized carbons (Fsp3) is 0.531. The number of hydrogen-bond acceptors (Lipinski definition) is 5. The van der Waals surface area contributed by atoms with E-state index in [-0.39, 0.29) is 24.8 Å². The van der Waals surface area contributed by atoms with Gasteiger partial charge in [-0.2, -0.15) is 0 Å². The summed E-state index contributed by atoms with van der Waals surface area (Å²) < 4.78 is 5.45. The van der Waals surface area contributed by atoms with Gasteiger partial charge in [-0.25, -0.2) is 4.79 Å². The van der Waals surface area contributed by atoms with Crippen LogP contribution in [0.5, 0.6) is 5.75 Å². The molecule has 2 aromatic carbocycles. The van der Waals surface area contributed by atoms with Crippen molar-refractivity contribution in [1.82, 2.24) is 15.5 Å². The van der Waals surface area contributed by atoms with Gasteiger partial charge in [0.1, 0.15) is 23.4 Å². The van der Waals surface area contributed by atoms with Crippen LogP contribution < -0.4 is 10.6 Å². The Kier molecular flexibility index (Phi) is 12.5. The molecule has 0 aliphatic rings. The van der Waals surface area contributed by atoms with Crippen LogP contribution in [0, 0.1) is 12.8 Å². The number of rotatable bonds is 13. The molecule has 3 N–H and O–H groups in total. The summed E-state index contributed by atoms with van der Waals surface area (Å²) in [7, 11) is 0. The largest absolute Gasteiger partial charge is 0.507 e. The van der Waals surface area contributed by atoms with E-state index < -0.39 is 35.6 Å². The summed E-state index contributed by atoms with van der Waals surface area (Å²) in [5.41, 5.74) is 1.13. The van der Waals surface area contributed by atoms with Gasteiger partial charge in [-0.05, 0) is 57.6 Å². The van der Waals surface area contributed by atoms with Crippen LogP contribution >= 0.6 is 0 Å². The standard InChI is InChI=1S/C32H47N3O5/c1-8-9-13-19-35(30(38)26(20-22(2)3)34-31(39)40-32(5,6)7)27(25-18-14-15-23(4)28(25)36)29(37)33-21-24-16-11-10-12-17-24/h10-12,14-18,22,26-27,36H,8-9,13,19-21H2,1-7H3,(H,33,37)(H,34,39). The highest BCUT2D eigenvalue weighted by atomic mass is 16.6. The van der Waals surface area contributed by atoms with Crippen LogP contribution in [0.3, 0.4) is 0 Å². The van der Waals surface area contributed by atoms with Crippen LogP contribution in [0.1, 0.15) is 90.0 Å². The lowest BCUT2D eigenvalue weighted by atomic mass is 9.97. The van der Waals surface area contributed by atoms with E-state index in [0.29, 0.717) is 24.0 Å². The van der Waals surface area contributed by atoms with Gasteiger partial charge >= 0.3 is 6.09 Å². The van der Waals surface area contributed by atoms with Crippen molar-refractivity contribution in [1.29, 1.82) is 0 Å². The number of carbonyl (C=O) groups excluding carboxylic acids is 3. The number of hydrogen-bond donors (Lipinski definition) is 3. The lowest BCUT2D eigenvalue weighted by Crippen LogP contribution is -2.53. The fourth-order valence-corrected chi connectivity index (χ4v) is 4.48. The first-order chi connectivity index (χ1) is 18.8. The molecule has 8 nitrogen and oxygen atoms in total. The number of aryl methyl sites for hydroxylation is 1. The number of phenols is 1. The number of carbonyl (C=O) groups is 3. The van der Waals surface area contributed by atoms with Crippen LogP contribution in [-0.2, 0) is 20.9 Å². The summed E-state index contributed by atoms with van der Waals surface area (Å²) in [6.07, 6.45) is 2.12. The van der Waals surface area contributed by atoms with Gasteiger partial charge < -0.3 is 25.4 Å². The van der Waals surface area contributed by atoms with Gasteiger partial charge in [0.15, 0.2) is 0 Å². The molecule has 0 fully saturated rings. The highest BCUT2D eigenvalue weighted by molar-refractivity contribution is 5.92. The van der Waals surface area contributed by atoms with E-state index in [1.165, 1.54) is 4.90 Å². The molecule has 0 spiro atoms. The molecule has 220 valence electrons. The summed E-state index contributed by atoms with van der Waals surface area (Å²) in [4.78, 5) is 42.4. The highest BCUT2D eigenvalue weighted by Crippen LogP contribution is 2.33. The van der Waals surface area contributed by atoms with Crippen LogP contribution in [0.4, 0.5) is 4.79 Å². The summed E-state index contributed by atoms with van der Waals surface area (Å²) in [5, 5.41) is 16.8. The molecule has 0 aliphatic carbocycles. The zero-order valence-electron chi connectivity index (χ0n) is 25.1. The van der Waals surface area contributed by atoms with Crippen molar-refractivity contribution in [3.8, 4) is 5.75 Å². The number of unbranched alkanes of at least 4 members (excludes halogenated alkanes) is 2. The predicted octanol–water partition coefficient (Wildman–Crippen LogP) is 6.02. The molecule has 0 saturated heterocycles. The third kappa shape index (κ3) is 10.2. The number of benzene rings is 2. The van der Waals surface area contributed by atoms with Gasteiger partial charge in [-0.1, -0.05) is 82.1 Å². The van der Waals surface area contributed by atoms with Crippen LogP contribution in [0.15, 0.2) is 48.5 Å². The molecule has 2 atom stereocenters. The third-order valence-corrected chi connectivity index (χ3v) is 6.41. The van der Waals surface area contributed by atoms with Crippen molar-refractivity contribution >= 4 is 17.9 Å². The minimum Gasteiger partial charge on any atom is -0.507 e. The Morgan fingerprint density at radius 1 is 1.00 bits per heavy atom. The molecular formula is C32H47N3O5. The van der Waals surface area contributed by atoms with Crippen LogP contribution in [0.2, 0.25) is 0 Å². The molecule has 40 heavy (non-hydrogen) atoms. The van der Waals surface area contributed by atoms with Gasteiger partial charge in [0.2, 0.25) is 11.8 Å². The van der Waals surface area contributed by atoms with Gasteiger partial charge in [-0.3, -0.25) is 9.59 Å². The highest BCUT2D eigenvalue weighted by Gasteiger charge is 2.37. The average molecular weight is 554 g/mol. The van der Waals surface area contributed by atoms with Crippen LogP contribution in [0.25, 0.3) is 0 Å². The van der Waals surface area contributed by atoms with Crippen molar-refractivity contribution in [2.45, 2.75) is 98.4 Å². The normalized spacial score (nSPS) is 12.9. The van der Waals surface area contributed by atoms with E-state index in [2.05, 4.69) is 17.6 Å². The number of aromatic hydroxyl groups is 1. The van der Waals surface area contributed by atoms with E-state index in [4.69, 9.17) is 4.74 Å². The zero-order chi connectivity index (χ0) is 29.9. The molecular weight excluding hydrogens is 506 g/mol. The Morgan fingerprint density at radius 2 is 1.68 bits per heavy atom. The molecule has 2 rings (SSSR count). The molecule has 0 radical (unpaired) electrons. The SMILES string of the molecule is CCCCCN(C(=O)C(CC(C)C)NC(=O)OC(C)(C)C)C(C(=O)NCc1ccccc1)c1cccc(C)c1O. The summed E-state index contributed by atoms with van der Waals surface area (Å²) >= 11 is 0. The molecule has 0 aliphatic heterocycles. The van der Waals surface area contributed by atoms with Gasteiger partial charge in [0.25, 0.3) is 0 Å². The number of alkyl carbamates (subject to hydrolysis) is 1. The molecule has 0 bridgehead atoms. The maximum absolute atomic E-state index is 14.3. The monoisotopic (exact) mass is 553 g/mol. The Morgan fingerprint density at radius 3 is 2.27 bits per heavy atom. The first kappa shape index (κ1) is 32.7. The second-order valence-electron chi connectivity index (χ2n) is 11.7. The lowest BCUT2D eigenvalue weighted by molar-refractivity contribution is -0.143. The second kappa shape index (κ2) is 15.3. The van der Waals surface area contributed by atoms with Crippen molar-refractivity contribution in [2.75, 3.05) is 6.54 Å². The Balaban J connectivity index is 2.53.